The van der Waals surface area contributed by atoms with E-state index >= 15 is 0 Å². The Bertz CT molecular complexity index is 649. The molecule has 1 aliphatic heterocycles. The summed E-state index contributed by atoms with van der Waals surface area (Å²) in [6.07, 6.45) is 3.60. The molecule has 3 rings (SSSR count). The molecule has 1 fully saturated rings. The zero-order valence-electron chi connectivity index (χ0n) is 13.3. The van der Waals surface area contributed by atoms with Crippen LogP contribution in [0.3, 0.4) is 0 Å². The highest BCUT2D eigenvalue weighted by Gasteiger charge is 2.20. The maximum absolute atomic E-state index is 10.6. The molecular formula is C15H21N5O4. The first-order valence-corrected chi connectivity index (χ1v) is 7.92. The lowest BCUT2D eigenvalue weighted by atomic mass is 10.2. The van der Waals surface area contributed by atoms with Gasteiger partial charge in [-0.3, -0.25) is 24.6 Å². The van der Waals surface area contributed by atoms with Gasteiger partial charge >= 0.3 is 5.69 Å². The molecule has 0 aliphatic carbocycles. The molecule has 0 amide bonds. The lowest BCUT2D eigenvalue weighted by Crippen LogP contribution is -2.48. The molecular weight excluding hydrogens is 314 g/mol. The van der Waals surface area contributed by atoms with Crippen molar-refractivity contribution in [2.24, 2.45) is 0 Å². The number of furan rings is 1. The van der Waals surface area contributed by atoms with E-state index in [2.05, 4.69) is 14.9 Å². The second-order valence-corrected chi connectivity index (χ2v) is 5.99. The van der Waals surface area contributed by atoms with E-state index in [0.717, 1.165) is 38.5 Å². The monoisotopic (exact) mass is 335 g/mol. The molecule has 1 saturated heterocycles. The fourth-order valence-electron chi connectivity index (χ4n) is 2.87. The van der Waals surface area contributed by atoms with Crippen LogP contribution >= 0.6 is 0 Å². The van der Waals surface area contributed by atoms with Gasteiger partial charge in [0.1, 0.15) is 18.2 Å². The summed E-state index contributed by atoms with van der Waals surface area (Å²) in [6, 6.07) is 3.86. The summed E-state index contributed by atoms with van der Waals surface area (Å²) in [4.78, 5) is 14.7. The van der Waals surface area contributed by atoms with Gasteiger partial charge in [0.2, 0.25) is 0 Å². The Labute approximate surface area is 139 Å². The number of nitrogens with zero attached hydrogens (tertiary/aromatic N) is 5. The highest BCUT2D eigenvalue weighted by Crippen LogP contribution is 2.11. The smallest absolute Gasteiger partial charge is 0.306 e. The van der Waals surface area contributed by atoms with Crippen molar-refractivity contribution in [3.8, 4) is 0 Å². The van der Waals surface area contributed by atoms with E-state index in [9.17, 15) is 15.2 Å². The minimum atomic E-state index is -0.610. The maximum Gasteiger partial charge on any atom is 0.306 e. The predicted molar refractivity (Wildman–Crippen MR) is 85.3 cm³/mol. The zero-order chi connectivity index (χ0) is 16.9. The Morgan fingerprint density at radius 3 is 2.67 bits per heavy atom. The Morgan fingerprint density at radius 1 is 1.29 bits per heavy atom. The number of piperazine rings is 1. The fourth-order valence-corrected chi connectivity index (χ4v) is 2.87. The van der Waals surface area contributed by atoms with E-state index in [1.54, 1.807) is 6.26 Å². The summed E-state index contributed by atoms with van der Waals surface area (Å²) in [5.41, 5.74) is -0.0614. The normalized spacial score (nSPS) is 17.9. The molecule has 3 heterocycles. The third kappa shape index (κ3) is 4.40. The van der Waals surface area contributed by atoms with Crippen LogP contribution in [0, 0.1) is 10.1 Å². The van der Waals surface area contributed by atoms with Gasteiger partial charge < -0.3 is 9.52 Å². The Morgan fingerprint density at radius 2 is 2.04 bits per heavy atom. The van der Waals surface area contributed by atoms with Crippen LogP contribution < -0.4 is 0 Å². The SMILES string of the molecule is O=[N+]([O-])c1cnn(CC(O)CN2CCN(Cc3ccco3)CC2)c1. The summed E-state index contributed by atoms with van der Waals surface area (Å²) in [5, 5.41) is 24.7. The Kier molecular flexibility index (Phi) is 5.24. The lowest BCUT2D eigenvalue weighted by molar-refractivity contribution is -0.385. The molecule has 1 atom stereocenters. The quantitative estimate of drug-likeness (QED) is 0.583. The summed E-state index contributed by atoms with van der Waals surface area (Å²) < 4.78 is 6.77. The van der Waals surface area contributed by atoms with Crippen molar-refractivity contribution in [1.82, 2.24) is 19.6 Å². The highest BCUT2D eigenvalue weighted by molar-refractivity contribution is 5.20. The van der Waals surface area contributed by atoms with Crippen LogP contribution in [0.15, 0.2) is 35.2 Å². The van der Waals surface area contributed by atoms with E-state index in [-0.39, 0.29) is 12.2 Å². The van der Waals surface area contributed by atoms with Crippen LogP contribution in [0.25, 0.3) is 0 Å². The van der Waals surface area contributed by atoms with E-state index in [0.29, 0.717) is 6.54 Å². The first-order chi connectivity index (χ1) is 11.6. The molecule has 1 unspecified atom stereocenters. The van der Waals surface area contributed by atoms with E-state index < -0.39 is 11.0 Å². The molecule has 2 aromatic heterocycles. The topological polar surface area (TPSA) is 101 Å². The average molecular weight is 335 g/mol. The first kappa shape index (κ1) is 16.6. The molecule has 0 radical (unpaired) electrons. The number of aliphatic hydroxyl groups is 1. The number of aromatic nitrogens is 2. The van der Waals surface area contributed by atoms with Crippen LogP contribution in [0.4, 0.5) is 5.69 Å². The van der Waals surface area contributed by atoms with Crippen molar-refractivity contribution in [2.45, 2.75) is 19.2 Å². The first-order valence-electron chi connectivity index (χ1n) is 7.92. The molecule has 0 saturated carbocycles. The minimum Gasteiger partial charge on any atom is -0.468 e. The molecule has 0 spiro atoms. The molecule has 2 aromatic rings. The number of hydrogen-bond acceptors (Lipinski definition) is 7. The summed E-state index contributed by atoms with van der Waals surface area (Å²) in [6.45, 7) is 5.17. The van der Waals surface area contributed by atoms with E-state index in [4.69, 9.17) is 4.42 Å². The van der Waals surface area contributed by atoms with E-state index in [1.165, 1.54) is 17.1 Å². The van der Waals surface area contributed by atoms with Gasteiger partial charge in [-0.25, -0.2) is 0 Å². The molecule has 1 aliphatic rings. The van der Waals surface area contributed by atoms with Crippen molar-refractivity contribution in [2.75, 3.05) is 32.7 Å². The van der Waals surface area contributed by atoms with E-state index in [1.807, 2.05) is 12.1 Å². The lowest BCUT2D eigenvalue weighted by Gasteiger charge is -2.35. The summed E-state index contributed by atoms with van der Waals surface area (Å²) >= 11 is 0. The standard InChI is InChI=1S/C15H21N5O4/c21-14(11-19-9-13(8-16-19)20(22)23)10-17-3-5-18(6-4-17)12-15-2-1-7-24-15/h1-2,7-9,14,21H,3-6,10-12H2. The van der Waals surface area contributed by atoms with Gasteiger partial charge in [0.05, 0.1) is 30.4 Å². The average Bonchev–Trinajstić information content (AvgIpc) is 3.21. The van der Waals surface area contributed by atoms with Gasteiger partial charge in [-0.15, -0.1) is 0 Å². The van der Waals surface area contributed by atoms with Crippen molar-refractivity contribution in [3.63, 3.8) is 0 Å². The second-order valence-electron chi connectivity index (χ2n) is 5.99. The highest BCUT2D eigenvalue weighted by atomic mass is 16.6. The fraction of sp³-hybridized carbons (Fsp3) is 0.533. The zero-order valence-corrected chi connectivity index (χ0v) is 13.3. The van der Waals surface area contributed by atoms with Crippen molar-refractivity contribution < 1.29 is 14.4 Å². The Hall–Kier alpha value is -2.23. The van der Waals surface area contributed by atoms with Crippen LogP contribution in [0.2, 0.25) is 0 Å². The van der Waals surface area contributed by atoms with Gasteiger partial charge in [-0.2, -0.15) is 5.10 Å². The molecule has 0 bridgehead atoms. The van der Waals surface area contributed by atoms with Crippen LogP contribution in [-0.2, 0) is 13.1 Å². The minimum absolute atomic E-state index is 0.0614. The number of β-amino-alcohol motifs (C(OH)–C–C–N with tert-alkyl or cyclic N) is 1. The van der Waals surface area contributed by atoms with Gasteiger partial charge in [0.25, 0.3) is 0 Å². The number of aliphatic hydroxyl groups excluding tert-OH is 1. The third-order valence-corrected chi connectivity index (χ3v) is 4.12. The van der Waals surface area contributed by atoms with Gasteiger partial charge in [-0.05, 0) is 12.1 Å². The predicted octanol–water partition coefficient (Wildman–Crippen LogP) is 0.563. The van der Waals surface area contributed by atoms with Gasteiger partial charge in [0.15, 0.2) is 0 Å². The molecule has 9 heteroatoms. The summed E-state index contributed by atoms with van der Waals surface area (Å²) in [7, 11) is 0. The van der Waals surface area contributed by atoms with Gasteiger partial charge in [-0.1, -0.05) is 0 Å². The summed E-state index contributed by atoms with van der Waals surface area (Å²) in [5.74, 6) is 0.962. The van der Waals surface area contributed by atoms with Gasteiger partial charge in [0, 0.05) is 32.7 Å². The molecule has 9 nitrogen and oxygen atoms in total. The largest absolute Gasteiger partial charge is 0.468 e. The number of hydrogen-bond donors (Lipinski definition) is 1. The second kappa shape index (κ2) is 7.56. The molecule has 0 aromatic carbocycles. The van der Waals surface area contributed by atoms with Crippen LogP contribution in [0.5, 0.6) is 0 Å². The number of rotatable bonds is 7. The van der Waals surface area contributed by atoms with Crippen molar-refractivity contribution >= 4 is 5.69 Å². The number of nitro groups is 1. The Balaban J connectivity index is 1.41. The molecule has 24 heavy (non-hydrogen) atoms. The molecule has 1 N–H and O–H groups in total. The van der Waals surface area contributed by atoms with Crippen LogP contribution in [-0.4, -0.2) is 68.4 Å². The third-order valence-electron chi connectivity index (χ3n) is 4.12. The molecule has 130 valence electrons. The van der Waals surface area contributed by atoms with Crippen molar-refractivity contribution in [1.29, 1.82) is 0 Å². The van der Waals surface area contributed by atoms with Crippen LogP contribution in [0.1, 0.15) is 5.76 Å². The van der Waals surface area contributed by atoms with Crippen molar-refractivity contribution in [3.05, 3.63) is 46.7 Å². The maximum atomic E-state index is 10.6.